The number of amides is 2. The van der Waals surface area contributed by atoms with Gasteiger partial charge in [0.2, 0.25) is 0 Å². The van der Waals surface area contributed by atoms with Crippen LogP contribution in [-0.4, -0.2) is 72.5 Å². The maximum absolute atomic E-state index is 12.6. The molecule has 0 radical (unpaired) electrons. The van der Waals surface area contributed by atoms with Crippen molar-refractivity contribution in [2.75, 3.05) is 44.2 Å². The first kappa shape index (κ1) is 21.8. The van der Waals surface area contributed by atoms with Gasteiger partial charge in [-0.05, 0) is 30.5 Å². The molecule has 0 saturated carbocycles. The minimum absolute atomic E-state index is 0.116. The number of carboxylic acid groups (broad SMARTS) is 1. The normalized spacial score (nSPS) is 18.9. The number of hydrogen-bond acceptors (Lipinski definition) is 5. The molecule has 1 unspecified atom stereocenters. The second-order valence-electron chi connectivity index (χ2n) is 8.09. The van der Waals surface area contributed by atoms with Crippen LogP contribution in [0.15, 0.2) is 54.6 Å². The minimum Gasteiger partial charge on any atom is -0.486 e. The molecule has 170 valence electrons. The Bertz CT molecular complexity index is 915. The second-order valence-corrected chi connectivity index (χ2v) is 8.09. The summed E-state index contributed by atoms with van der Waals surface area (Å²) in [6.07, 6.45) is 0.402. The molecule has 8 heteroatoms. The summed E-state index contributed by atoms with van der Waals surface area (Å²) in [6, 6.07) is 17.5. The molecule has 1 atom stereocenters. The molecule has 32 heavy (non-hydrogen) atoms. The van der Waals surface area contributed by atoms with Gasteiger partial charge in [0.25, 0.3) is 0 Å². The van der Waals surface area contributed by atoms with Gasteiger partial charge in [-0.15, -0.1) is 0 Å². The number of piperazine rings is 1. The van der Waals surface area contributed by atoms with Crippen molar-refractivity contribution in [1.82, 2.24) is 9.80 Å². The fourth-order valence-electron chi connectivity index (χ4n) is 4.15. The fourth-order valence-corrected chi connectivity index (χ4v) is 4.15. The van der Waals surface area contributed by atoms with E-state index in [4.69, 9.17) is 9.47 Å². The molecule has 2 aromatic rings. The van der Waals surface area contributed by atoms with Crippen LogP contribution in [0.25, 0.3) is 0 Å². The van der Waals surface area contributed by atoms with Crippen molar-refractivity contribution < 1.29 is 24.2 Å². The van der Waals surface area contributed by atoms with Crippen LogP contribution in [0.4, 0.5) is 15.3 Å². The quantitative estimate of drug-likeness (QED) is 0.766. The van der Waals surface area contributed by atoms with Gasteiger partial charge in [0, 0.05) is 32.7 Å². The molecule has 0 aliphatic carbocycles. The molecule has 2 fully saturated rings. The first-order valence-electron chi connectivity index (χ1n) is 11.0. The number of hydrogen-bond donors (Lipinski definition) is 1. The maximum atomic E-state index is 12.6. The van der Waals surface area contributed by atoms with Crippen LogP contribution in [0.5, 0.6) is 5.75 Å². The van der Waals surface area contributed by atoms with E-state index in [9.17, 15) is 14.7 Å². The highest BCUT2D eigenvalue weighted by Gasteiger charge is 2.28. The van der Waals surface area contributed by atoms with Crippen molar-refractivity contribution in [1.29, 1.82) is 0 Å². The molecule has 0 spiro atoms. The number of para-hydroxylation sites is 2. The van der Waals surface area contributed by atoms with Gasteiger partial charge in [-0.2, -0.15) is 0 Å². The van der Waals surface area contributed by atoms with Gasteiger partial charge < -0.3 is 29.3 Å². The van der Waals surface area contributed by atoms with Crippen LogP contribution in [-0.2, 0) is 11.3 Å². The summed E-state index contributed by atoms with van der Waals surface area (Å²) < 4.78 is 11.8. The molecular formula is C24H29N3O5. The average Bonchev–Trinajstić information content (AvgIpc) is 2.84. The Balaban J connectivity index is 1.34. The predicted octanol–water partition coefficient (Wildman–Crippen LogP) is 3.67. The van der Waals surface area contributed by atoms with Crippen LogP contribution in [0.1, 0.15) is 18.4 Å². The average molecular weight is 440 g/mol. The highest BCUT2D eigenvalue weighted by atomic mass is 16.6. The third-order valence-electron chi connectivity index (χ3n) is 5.89. The summed E-state index contributed by atoms with van der Waals surface area (Å²) in [5.41, 5.74) is 1.92. The zero-order chi connectivity index (χ0) is 22.3. The third-order valence-corrected chi connectivity index (χ3v) is 5.89. The molecule has 0 aromatic heterocycles. The number of carbonyl (C=O) groups excluding carboxylic acids is 1. The smallest absolute Gasteiger partial charge is 0.410 e. The molecule has 2 aromatic carbocycles. The molecule has 0 bridgehead atoms. The number of likely N-dealkylation sites (tertiary alicyclic amines) is 1. The molecule has 2 heterocycles. The maximum Gasteiger partial charge on any atom is 0.410 e. The lowest BCUT2D eigenvalue weighted by Gasteiger charge is -2.37. The van der Waals surface area contributed by atoms with Gasteiger partial charge >= 0.3 is 12.2 Å². The Morgan fingerprint density at radius 1 is 0.906 bits per heavy atom. The van der Waals surface area contributed by atoms with E-state index in [2.05, 4.69) is 4.90 Å². The fraction of sp³-hybridized carbons (Fsp3) is 0.417. The summed E-state index contributed by atoms with van der Waals surface area (Å²) in [7, 11) is 0. The molecule has 1 N–H and O–H groups in total. The standard InChI is InChI=1S/C24H29N3O5/c28-23(29)26-15-13-25(14-16-26)21-10-4-5-11-22(21)32-20-9-6-12-27(17-20)24(30)31-18-19-7-2-1-3-8-19/h1-5,7-8,10-11,20H,6,9,12-18H2,(H,28,29). The Kier molecular flexibility index (Phi) is 6.99. The number of nitrogens with zero attached hydrogens (tertiary/aromatic N) is 3. The van der Waals surface area contributed by atoms with Crippen molar-refractivity contribution >= 4 is 17.9 Å². The molecule has 4 rings (SSSR count). The number of benzene rings is 2. The Morgan fingerprint density at radius 3 is 2.38 bits per heavy atom. The number of piperidine rings is 1. The van der Waals surface area contributed by atoms with Crippen LogP contribution >= 0.6 is 0 Å². The van der Waals surface area contributed by atoms with Crippen LogP contribution in [0, 0.1) is 0 Å². The van der Waals surface area contributed by atoms with Crippen molar-refractivity contribution in [3.63, 3.8) is 0 Å². The number of anilines is 1. The zero-order valence-corrected chi connectivity index (χ0v) is 18.1. The lowest BCUT2D eigenvalue weighted by atomic mass is 10.1. The Morgan fingerprint density at radius 2 is 1.62 bits per heavy atom. The Hall–Kier alpha value is -3.42. The molecule has 2 amide bonds. The van der Waals surface area contributed by atoms with E-state index in [1.165, 1.54) is 4.90 Å². The SMILES string of the molecule is O=C(O)N1CCN(c2ccccc2OC2CCCN(C(=O)OCc3ccccc3)C2)CC1. The summed E-state index contributed by atoms with van der Waals surface area (Å²) in [4.78, 5) is 29.0. The first-order valence-corrected chi connectivity index (χ1v) is 11.0. The highest BCUT2D eigenvalue weighted by molar-refractivity contribution is 5.68. The number of ether oxygens (including phenoxy) is 2. The number of carbonyl (C=O) groups is 2. The number of rotatable bonds is 5. The second kappa shape index (κ2) is 10.3. The van der Waals surface area contributed by atoms with E-state index in [0.29, 0.717) is 39.3 Å². The third kappa shape index (κ3) is 5.43. The van der Waals surface area contributed by atoms with Crippen molar-refractivity contribution in [3.05, 3.63) is 60.2 Å². The highest BCUT2D eigenvalue weighted by Crippen LogP contribution is 2.31. The van der Waals surface area contributed by atoms with Gasteiger partial charge in [-0.25, -0.2) is 9.59 Å². The van der Waals surface area contributed by atoms with E-state index >= 15 is 0 Å². The largest absolute Gasteiger partial charge is 0.486 e. The summed E-state index contributed by atoms with van der Waals surface area (Å²) in [5.74, 6) is 0.765. The van der Waals surface area contributed by atoms with Gasteiger partial charge in [-0.3, -0.25) is 0 Å². The minimum atomic E-state index is -0.879. The molecule has 2 aliphatic rings. The molecule has 2 aliphatic heterocycles. The van der Waals surface area contributed by atoms with E-state index in [1.807, 2.05) is 54.6 Å². The molecule has 2 saturated heterocycles. The lowest BCUT2D eigenvalue weighted by Crippen LogP contribution is -2.48. The van der Waals surface area contributed by atoms with Gasteiger partial charge in [0.15, 0.2) is 0 Å². The van der Waals surface area contributed by atoms with Crippen molar-refractivity contribution in [2.45, 2.75) is 25.6 Å². The predicted molar refractivity (Wildman–Crippen MR) is 120 cm³/mol. The van der Waals surface area contributed by atoms with Crippen molar-refractivity contribution in [3.8, 4) is 5.75 Å². The van der Waals surface area contributed by atoms with Crippen LogP contribution in [0.2, 0.25) is 0 Å². The van der Waals surface area contributed by atoms with Gasteiger partial charge in [-0.1, -0.05) is 42.5 Å². The lowest BCUT2D eigenvalue weighted by molar-refractivity contribution is 0.0552. The van der Waals surface area contributed by atoms with E-state index in [1.54, 1.807) is 4.90 Å². The first-order chi connectivity index (χ1) is 15.6. The van der Waals surface area contributed by atoms with E-state index in [-0.39, 0.29) is 18.8 Å². The Labute approximate surface area is 187 Å². The molecule has 8 nitrogen and oxygen atoms in total. The summed E-state index contributed by atoms with van der Waals surface area (Å²) in [5, 5.41) is 9.18. The van der Waals surface area contributed by atoms with Crippen LogP contribution in [0.3, 0.4) is 0 Å². The van der Waals surface area contributed by atoms with E-state index in [0.717, 1.165) is 29.8 Å². The van der Waals surface area contributed by atoms with Gasteiger partial charge in [0.05, 0.1) is 12.2 Å². The molecular weight excluding hydrogens is 410 g/mol. The van der Waals surface area contributed by atoms with Crippen molar-refractivity contribution in [2.24, 2.45) is 0 Å². The van der Waals surface area contributed by atoms with Gasteiger partial charge in [0.1, 0.15) is 18.5 Å². The van der Waals surface area contributed by atoms with Crippen LogP contribution < -0.4 is 9.64 Å². The topological polar surface area (TPSA) is 82.6 Å². The van der Waals surface area contributed by atoms with E-state index < -0.39 is 6.09 Å². The monoisotopic (exact) mass is 439 g/mol. The summed E-state index contributed by atoms with van der Waals surface area (Å²) in [6.45, 7) is 3.57. The zero-order valence-electron chi connectivity index (χ0n) is 18.1. The summed E-state index contributed by atoms with van der Waals surface area (Å²) >= 11 is 0.